The summed E-state index contributed by atoms with van der Waals surface area (Å²) in [4.78, 5) is 17.0. The standard InChI is InChI=1S/C18H18ClN3O3/c1-3-11(2)15(20-17(23)12-7-4-5-8-13(12)19)18-21-16(22-25-18)14-9-6-10-24-14/h4-11,15H,3H2,1-2H3,(H,20,23)/t11-,15-/m0/s1. The summed E-state index contributed by atoms with van der Waals surface area (Å²) in [6, 6.07) is 9.96. The lowest BCUT2D eigenvalue weighted by atomic mass is 9.98. The van der Waals surface area contributed by atoms with Crippen LogP contribution in [-0.2, 0) is 0 Å². The van der Waals surface area contributed by atoms with Crippen molar-refractivity contribution in [2.75, 3.05) is 0 Å². The molecule has 3 rings (SSSR count). The molecule has 0 unspecified atom stereocenters. The summed E-state index contributed by atoms with van der Waals surface area (Å²) in [5.74, 6) is 1.00. The van der Waals surface area contributed by atoms with E-state index in [9.17, 15) is 4.79 Å². The van der Waals surface area contributed by atoms with Crippen molar-refractivity contribution in [2.24, 2.45) is 5.92 Å². The van der Waals surface area contributed by atoms with Gasteiger partial charge in [0, 0.05) is 0 Å². The Morgan fingerprint density at radius 2 is 2.08 bits per heavy atom. The number of hydrogen-bond acceptors (Lipinski definition) is 5. The van der Waals surface area contributed by atoms with E-state index in [1.54, 1.807) is 36.4 Å². The van der Waals surface area contributed by atoms with Crippen LogP contribution in [0.1, 0.15) is 42.6 Å². The second-order valence-electron chi connectivity index (χ2n) is 5.75. The second kappa shape index (κ2) is 7.53. The first-order valence-electron chi connectivity index (χ1n) is 8.03. The summed E-state index contributed by atoms with van der Waals surface area (Å²) >= 11 is 6.11. The van der Waals surface area contributed by atoms with Gasteiger partial charge in [-0.3, -0.25) is 4.79 Å². The van der Waals surface area contributed by atoms with Crippen LogP contribution < -0.4 is 5.32 Å². The zero-order valence-electron chi connectivity index (χ0n) is 13.9. The number of benzene rings is 1. The minimum absolute atomic E-state index is 0.0938. The Kier molecular flexibility index (Phi) is 5.19. The minimum atomic E-state index is -0.426. The van der Waals surface area contributed by atoms with Crippen LogP contribution in [0, 0.1) is 5.92 Å². The number of carbonyl (C=O) groups excluding carboxylic acids is 1. The van der Waals surface area contributed by atoms with E-state index in [-0.39, 0.29) is 11.8 Å². The molecule has 0 aliphatic heterocycles. The SMILES string of the molecule is CC[C@H](C)[C@H](NC(=O)c1ccccc1Cl)c1nc(-c2ccco2)no1. The minimum Gasteiger partial charge on any atom is -0.461 e. The van der Waals surface area contributed by atoms with Crippen molar-refractivity contribution in [3.05, 3.63) is 59.1 Å². The number of aromatic nitrogens is 2. The Morgan fingerprint density at radius 1 is 1.28 bits per heavy atom. The van der Waals surface area contributed by atoms with E-state index >= 15 is 0 Å². The lowest BCUT2D eigenvalue weighted by molar-refractivity contribution is 0.0910. The van der Waals surface area contributed by atoms with E-state index in [4.69, 9.17) is 20.5 Å². The highest BCUT2D eigenvalue weighted by atomic mass is 35.5. The van der Waals surface area contributed by atoms with Gasteiger partial charge in [-0.15, -0.1) is 0 Å². The van der Waals surface area contributed by atoms with E-state index < -0.39 is 6.04 Å². The summed E-state index contributed by atoms with van der Waals surface area (Å²) in [5.41, 5.74) is 0.406. The highest BCUT2D eigenvalue weighted by Crippen LogP contribution is 2.27. The van der Waals surface area contributed by atoms with Gasteiger partial charge in [0.15, 0.2) is 5.76 Å². The molecule has 25 heavy (non-hydrogen) atoms. The van der Waals surface area contributed by atoms with Crippen LogP contribution in [0.2, 0.25) is 5.02 Å². The van der Waals surface area contributed by atoms with Crippen LogP contribution in [0.3, 0.4) is 0 Å². The van der Waals surface area contributed by atoms with Gasteiger partial charge >= 0.3 is 0 Å². The molecule has 2 heterocycles. The molecule has 7 heteroatoms. The van der Waals surface area contributed by atoms with Crippen LogP contribution in [0.25, 0.3) is 11.6 Å². The van der Waals surface area contributed by atoms with E-state index in [2.05, 4.69) is 15.5 Å². The highest BCUT2D eigenvalue weighted by molar-refractivity contribution is 6.33. The summed E-state index contributed by atoms with van der Waals surface area (Å²) in [6.07, 6.45) is 2.36. The maximum atomic E-state index is 12.6. The van der Waals surface area contributed by atoms with Crippen LogP contribution >= 0.6 is 11.6 Å². The topological polar surface area (TPSA) is 81.2 Å². The number of amides is 1. The van der Waals surface area contributed by atoms with Gasteiger partial charge < -0.3 is 14.3 Å². The third-order valence-corrected chi connectivity index (χ3v) is 4.40. The first kappa shape index (κ1) is 17.2. The fourth-order valence-electron chi connectivity index (χ4n) is 2.41. The Bertz CT molecular complexity index is 845. The third-order valence-electron chi connectivity index (χ3n) is 4.07. The van der Waals surface area contributed by atoms with E-state index in [0.717, 1.165) is 6.42 Å². The largest absolute Gasteiger partial charge is 0.461 e. The van der Waals surface area contributed by atoms with Gasteiger partial charge in [0.1, 0.15) is 6.04 Å². The number of furan rings is 1. The lowest BCUT2D eigenvalue weighted by Gasteiger charge is -2.21. The van der Waals surface area contributed by atoms with Gasteiger partial charge in [0.05, 0.1) is 16.8 Å². The zero-order valence-corrected chi connectivity index (χ0v) is 14.7. The molecule has 2 aromatic heterocycles. The molecular formula is C18H18ClN3O3. The zero-order chi connectivity index (χ0) is 17.8. The molecule has 0 aliphatic rings. The van der Waals surface area contributed by atoms with E-state index in [1.165, 1.54) is 6.26 Å². The molecular weight excluding hydrogens is 342 g/mol. The second-order valence-corrected chi connectivity index (χ2v) is 6.16. The van der Waals surface area contributed by atoms with Crippen LogP contribution in [0.4, 0.5) is 0 Å². The third kappa shape index (κ3) is 3.74. The number of halogens is 1. The molecule has 1 amide bonds. The molecule has 3 aromatic rings. The average molecular weight is 360 g/mol. The van der Waals surface area contributed by atoms with Gasteiger partial charge in [-0.05, 0) is 30.2 Å². The smallest absolute Gasteiger partial charge is 0.253 e. The maximum absolute atomic E-state index is 12.6. The summed E-state index contributed by atoms with van der Waals surface area (Å²) < 4.78 is 10.6. The first-order valence-corrected chi connectivity index (χ1v) is 8.40. The predicted molar refractivity (Wildman–Crippen MR) is 93.1 cm³/mol. The van der Waals surface area contributed by atoms with Gasteiger partial charge in [-0.2, -0.15) is 4.98 Å². The molecule has 1 aromatic carbocycles. The van der Waals surface area contributed by atoms with Crippen molar-refractivity contribution in [3.8, 4) is 11.6 Å². The van der Waals surface area contributed by atoms with E-state index in [1.807, 2.05) is 13.8 Å². The maximum Gasteiger partial charge on any atom is 0.253 e. The lowest BCUT2D eigenvalue weighted by Crippen LogP contribution is -2.33. The van der Waals surface area contributed by atoms with Crippen LogP contribution in [-0.4, -0.2) is 16.0 Å². The van der Waals surface area contributed by atoms with Crippen molar-refractivity contribution in [2.45, 2.75) is 26.3 Å². The Morgan fingerprint density at radius 3 is 2.76 bits per heavy atom. The Labute approximate surface area is 150 Å². The first-order chi connectivity index (χ1) is 12.1. The fraction of sp³-hybridized carbons (Fsp3) is 0.278. The molecule has 0 fully saturated rings. The van der Waals surface area contributed by atoms with Crippen molar-refractivity contribution >= 4 is 17.5 Å². The van der Waals surface area contributed by atoms with Crippen LogP contribution in [0.5, 0.6) is 0 Å². The number of nitrogens with one attached hydrogen (secondary N) is 1. The van der Waals surface area contributed by atoms with Gasteiger partial charge in [0.2, 0.25) is 11.7 Å². The van der Waals surface area contributed by atoms with Crippen molar-refractivity contribution < 1.29 is 13.7 Å². The number of nitrogens with zero attached hydrogens (tertiary/aromatic N) is 2. The molecule has 0 radical (unpaired) electrons. The van der Waals surface area contributed by atoms with Gasteiger partial charge in [-0.25, -0.2) is 0 Å². The normalized spacial score (nSPS) is 13.4. The van der Waals surface area contributed by atoms with Crippen LogP contribution in [0.15, 0.2) is 51.6 Å². The summed E-state index contributed by atoms with van der Waals surface area (Å²) in [5, 5.41) is 7.28. The molecule has 130 valence electrons. The summed E-state index contributed by atoms with van der Waals surface area (Å²) in [6.45, 7) is 4.04. The summed E-state index contributed by atoms with van der Waals surface area (Å²) in [7, 11) is 0. The average Bonchev–Trinajstić information content (AvgIpc) is 3.30. The highest BCUT2D eigenvalue weighted by Gasteiger charge is 2.27. The molecule has 0 spiro atoms. The van der Waals surface area contributed by atoms with Gasteiger partial charge in [-0.1, -0.05) is 49.2 Å². The number of rotatable bonds is 6. The predicted octanol–water partition coefficient (Wildman–Crippen LogP) is 4.50. The Balaban J connectivity index is 1.86. The molecule has 0 saturated carbocycles. The molecule has 6 nitrogen and oxygen atoms in total. The van der Waals surface area contributed by atoms with Crippen molar-refractivity contribution in [3.63, 3.8) is 0 Å². The van der Waals surface area contributed by atoms with E-state index in [0.29, 0.717) is 28.1 Å². The molecule has 0 aliphatic carbocycles. The van der Waals surface area contributed by atoms with Crippen molar-refractivity contribution in [1.82, 2.24) is 15.5 Å². The molecule has 1 N–H and O–H groups in total. The number of hydrogen-bond donors (Lipinski definition) is 1. The molecule has 0 bridgehead atoms. The van der Waals surface area contributed by atoms with Crippen molar-refractivity contribution in [1.29, 1.82) is 0 Å². The Hall–Kier alpha value is -2.60. The van der Waals surface area contributed by atoms with Gasteiger partial charge in [0.25, 0.3) is 5.91 Å². The number of carbonyl (C=O) groups is 1. The monoisotopic (exact) mass is 359 g/mol. The molecule has 2 atom stereocenters. The quantitative estimate of drug-likeness (QED) is 0.700. The fourth-order valence-corrected chi connectivity index (χ4v) is 2.64. The molecule has 0 saturated heterocycles.